The van der Waals surface area contributed by atoms with E-state index in [2.05, 4.69) is 21.6 Å². The lowest BCUT2D eigenvalue weighted by Crippen LogP contribution is -2.58. The first-order valence-corrected chi connectivity index (χ1v) is 14.1. The maximum Gasteiger partial charge on any atom is 0.319 e. The van der Waals surface area contributed by atoms with Crippen LogP contribution in [0, 0.1) is 12.7 Å². The van der Waals surface area contributed by atoms with E-state index >= 15 is 4.39 Å². The van der Waals surface area contributed by atoms with Crippen LogP contribution >= 0.6 is 11.6 Å². The van der Waals surface area contributed by atoms with Gasteiger partial charge in [0.25, 0.3) is 0 Å². The third-order valence-corrected chi connectivity index (χ3v) is 8.38. The number of halogens is 2. The highest BCUT2D eigenvalue weighted by Gasteiger charge is 2.34. The van der Waals surface area contributed by atoms with E-state index in [1.165, 1.54) is 6.08 Å². The van der Waals surface area contributed by atoms with Gasteiger partial charge in [0.15, 0.2) is 5.82 Å². The summed E-state index contributed by atoms with van der Waals surface area (Å²) in [5.74, 6) is -0.168. The van der Waals surface area contributed by atoms with Gasteiger partial charge >= 0.3 is 6.01 Å². The lowest BCUT2D eigenvalue weighted by Gasteiger charge is -2.44. The number of carbonyl (C=O) groups is 1. The van der Waals surface area contributed by atoms with Crippen LogP contribution in [0.1, 0.15) is 25.8 Å². The molecule has 41 heavy (non-hydrogen) atoms. The molecule has 1 amide bonds. The van der Waals surface area contributed by atoms with Crippen molar-refractivity contribution in [1.29, 1.82) is 0 Å². The SMILES string of the molecule is C=CC(=O)N1C[C@H](C)N(c2nc(OC3CCOC3)nc3c(F)c(-c4c(C)ccc5cnn(C)c45)c(Cl)cc23)C[C@H]1C. The molecule has 0 bridgehead atoms. The van der Waals surface area contributed by atoms with Crippen LogP contribution in [-0.4, -0.2) is 75.0 Å². The molecule has 0 saturated carbocycles. The Morgan fingerprint density at radius 3 is 2.76 bits per heavy atom. The summed E-state index contributed by atoms with van der Waals surface area (Å²) in [7, 11) is 1.83. The number of piperazine rings is 1. The summed E-state index contributed by atoms with van der Waals surface area (Å²) in [4.78, 5) is 25.7. The average molecular weight is 579 g/mol. The fraction of sp³-hybridized carbons (Fsp3) is 0.400. The number of aryl methyl sites for hydroxylation is 2. The van der Waals surface area contributed by atoms with Gasteiger partial charge in [-0.05, 0) is 38.5 Å². The summed E-state index contributed by atoms with van der Waals surface area (Å²) in [5, 5.41) is 5.99. The molecule has 0 spiro atoms. The molecule has 0 aliphatic carbocycles. The Bertz CT molecular complexity index is 1680. The van der Waals surface area contributed by atoms with Gasteiger partial charge in [-0.25, -0.2) is 4.39 Å². The predicted molar refractivity (Wildman–Crippen MR) is 157 cm³/mol. The third-order valence-electron chi connectivity index (χ3n) is 8.08. The van der Waals surface area contributed by atoms with E-state index in [0.29, 0.717) is 49.5 Å². The zero-order valence-electron chi connectivity index (χ0n) is 23.5. The highest BCUT2D eigenvalue weighted by molar-refractivity contribution is 6.35. The number of ether oxygens (including phenoxy) is 2. The minimum absolute atomic E-state index is 0.0788. The number of anilines is 1. The minimum Gasteiger partial charge on any atom is -0.458 e. The smallest absolute Gasteiger partial charge is 0.319 e. The Labute approximate surface area is 242 Å². The van der Waals surface area contributed by atoms with Gasteiger partial charge in [0.05, 0.1) is 29.9 Å². The predicted octanol–water partition coefficient (Wildman–Crippen LogP) is 5.06. The average Bonchev–Trinajstić information content (AvgIpc) is 3.60. The Morgan fingerprint density at radius 2 is 2.02 bits per heavy atom. The van der Waals surface area contributed by atoms with Gasteiger partial charge in [-0.1, -0.05) is 30.3 Å². The topological polar surface area (TPSA) is 85.6 Å². The van der Waals surface area contributed by atoms with E-state index in [1.54, 1.807) is 21.8 Å². The maximum absolute atomic E-state index is 16.8. The van der Waals surface area contributed by atoms with Gasteiger partial charge in [-0.2, -0.15) is 15.1 Å². The molecule has 11 heteroatoms. The molecule has 4 aromatic rings. The Hall–Kier alpha value is -3.76. The van der Waals surface area contributed by atoms with E-state index in [-0.39, 0.29) is 46.2 Å². The van der Waals surface area contributed by atoms with Crippen LogP contribution in [0.15, 0.2) is 37.1 Å². The second-order valence-electron chi connectivity index (χ2n) is 10.9. The van der Waals surface area contributed by atoms with Crippen molar-refractivity contribution in [2.75, 3.05) is 31.2 Å². The van der Waals surface area contributed by atoms with Crippen molar-refractivity contribution in [3.8, 4) is 17.1 Å². The van der Waals surface area contributed by atoms with E-state index < -0.39 is 5.82 Å². The van der Waals surface area contributed by atoms with Crippen LogP contribution in [0.2, 0.25) is 5.02 Å². The lowest BCUT2D eigenvalue weighted by atomic mass is 9.96. The van der Waals surface area contributed by atoms with E-state index in [9.17, 15) is 4.79 Å². The first kappa shape index (κ1) is 27.4. The van der Waals surface area contributed by atoms with E-state index in [0.717, 1.165) is 16.5 Å². The second-order valence-corrected chi connectivity index (χ2v) is 11.3. The number of rotatable bonds is 5. The lowest BCUT2D eigenvalue weighted by molar-refractivity contribution is -0.128. The van der Waals surface area contributed by atoms with Crippen LogP contribution in [0.3, 0.4) is 0 Å². The van der Waals surface area contributed by atoms with Crippen molar-refractivity contribution < 1.29 is 18.7 Å². The summed E-state index contributed by atoms with van der Waals surface area (Å²) in [6.07, 6.45) is 3.55. The molecule has 0 N–H and O–H groups in total. The van der Waals surface area contributed by atoms with Crippen LogP contribution < -0.4 is 9.64 Å². The Morgan fingerprint density at radius 1 is 1.22 bits per heavy atom. The number of hydrogen-bond donors (Lipinski definition) is 0. The zero-order valence-corrected chi connectivity index (χ0v) is 24.3. The number of benzene rings is 2. The molecular formula is C30H32ClFN6O3. The van der Waals surface area contributed by atoms with Crippen molar-refractivity contribution in [3.05, 3.63) is 53.5 Å². The molecule has 0 radical (unpaired) electrons. The Kier molecular flexibility index (Phi) is 7.07. The number of fused-ring (bicyclic) bond motifs is 2. The molecule has 214 valence electrons. The van der Waals surface area contributed by atoms with Crippen molar-refractivity contribution in [1.82, 2.24) is 24.6 Å². The van der Waals surface area contributed by atoms with Crippen LogP contribution in [0.5, 0.6) is 6.01 Å². The molecule has 2 saturated heterocycles. The van der Waals surface area contributed by atoms with Gasteiger partial charge < -0.3 is 19.3 Å². The molecule has 9 nitrogen and oxygen atoms in total. The largest absolute Gasteiger partial charge is 0.458 e. The fourth-order valence-electron chi connectivity index (χ4n) is 5.94. The standard InChI is InChI=1S/C30H32ClFN6O3/c1-6-23(39)37-13-18(4)38(14-17(37)3)29-21-11-22(31)25(24-16(2)7-8-19-12-33-36(5)28(19)24)26(32)27(21)34-30(35-29)41-20-9-10-40-15-20/h6-8,11-12,17-18,20H,1,9-10,13-15H2,2-5H3/t17-,18+,20?/m1/s1. The molecule has 2 aromatic carbocycles. The van der Waals surface area contributed by atoms with Crippen molar-refractivity contribution >= 4 is 45.1 Å². The zero-order chi connectivity index (χ0) is 29.0. The summed E-state index contributed by atoms with van der Waals surface area (Å²) >= 11 is 6.92. The molecule has 6 rings (SSSR count). The van der Waals surface area contributed by atoms with Crippen LogP contribution in [0.25, 0.3) is 32.9 Å². The number of hydrogen-bond acceptors (Lipinski definition) is 7. The number of amides is 1. The summed E-state index contributed by atoms with van der Waals surface area (Å²) in [5.41, 5.74) is 2.68. The summed E-state index contributed by atoms with van der Waals surface area (Å²) in [6.45, 7) is 11.5. The molecular weight excluding hydrogens is 547 g/mol. The molecule has 2 aliphatic heterocycles. The van der Waals surface area contributed by atoms with Gasteiger partial charge in [-0.3, -0.25) is 9.48 Å². The minimum atomic E-state index is -0.554. The fourth-order valence-corrected chi connectivity index (χ4v) is 6.23. The molecule has 2 aromatic heterocycles. The van der Waals surface area contributed by atoms with Crippen molar-refractivity contribution in [2.45, 2.75) is 45.4 Å². The van der Waals surface area contributed by atoms with Crippen molar-refractivity contribution in [3.63, 3.8) is 0 Å². The monoisotopic (exact) mass is 578 g/mol. The number of aromatic nitrogens is 4. The highest BCUT2D eigenvalue weighted by Crippen LogP contribution is 2.43. The first-order valence-electron chi connectivity index (χ1n) is 13.7. The molecule has 1 unspecified atom stereocenters. The van der Waals surface area contributed by atoms with E-state index in [4.69, 9.17) is 26.1 Å². The van der Waals surface area contributed by atoms with Crippen LogP contribution in [0.4, 0.5) is 10.2 Å². The maximum atomic E-state index is 16.8. The van der Waals surface area contributed by atoms with Gasteiger partial charge in [0.1, 0.15) is 17.4 Å². The molecule has 3 atom stereocenters. The third kappa shape index (κ3) is 4.68. The Balaban J connectivity index is 1.55. The molecule has 4 heterocycles. The second kappa shape index (κ2) is 10.6. The molecule has 2 fully saturated rings. The number of nitrogens with zero attached hydrogens (tertiary/aromatic N) is 6. The molecule has 2 aliphatic rings. The number of carbonyl (C=O) groups excluding carboxylic acids is 1. The summed E-state index contributed by atoms with van der Waals surface area (Å²) < 4.78 is 30.1. The van der Waals surface area contributed by atoms with Crippen molar-refractivity contribution in [2.24, 2.45) is 7.05 Å². The first-order chi connectivity index (χ1) is 19.7. The van der Waals surface area contributed by atoms with Crippen LogP contribution in [-0.2, 0) is 16.6 Å². The quantitative estimate of drug-likeness (QED) is 0.306. The highest BCUT2D eigenvalue weighted by atomic mass is 35.5. The van der Waals surface area contributed by atoms with Gasteiger partial charge in [0.2, 0.25) is 5.91 Å². The van der Waals surface area contributed by atoms with Gasteiger partial charge in [-0.15, -0.1) is 0 Å². The van der Waals surface area contributed by atoms with E-state index in [1.807, 2.05) is 40.0 Å². The summed E-state index contributed by atoms with van der Waals surface area (Å²) in [6, 6.07) is 5.47. The van der Waals surface area contributed by atoms with Gasteiger partial charge in [0, 0.05) is 60.5 Å². The normalized spacial score (nSPS) is 21.2.